The number of carbonyl (C=O) groups excluding carboxylic acids is 2. The molecule has 0 amide bonds. The van der Waals surface area contributed by atoms with Crippen LogP contribution in [0.1, 0.15) is 52.2 Å². The summed E-state index contributed by atoms with van der Waals surface area (Å²) < 4.78 is 21.4. The zero-order valence-electron chi connectivity index (χ0n) is 21.4. The van der Waals surface area contributed by atoms with Crippen LogP contribution in [-0.4, -0.2) is 54.8 Å². The molecule has 0 aliphatic rings. The number of hydrogen-bond acceptors (Lipinski definition) is 7. The Kier molecular flexibility index (Phi) is 13.4. The second-order valence-corrected chi connectivity index (χ2v) is 8.74. The first-order valence-corrected chi connectivity index (χ1v) is 12.0. The normalized spacial score (nSPS) is 11.4. The number of rotatable bonds is 12. The maximum absolute atomic E-state index is 11.1. The highest BCUT2D eigenvalue weighted by atomic mass is 35.5. The van der Waals surface area contributed by atoms with Crippen LogP contribution in [0.4, 0.5) is 0 Å². The van der Waals surface area contributed by atoms with Crippen LogP contribution in [0, 0.1) is 0 Å². The Morgan fingerprint density at radius 3 is 1.72 bits per heavy atom. The van der Waals surface area contributed by atoms with E-state index in [0.717, 1.165) is 23.8 Å². The van der Waals surface area contributed by atoms with Crippen LogP contribution in [0.5, 0.6) is 11.5 Å². The minimum Gasteiger partial charge on any atom is -0.493 e. The fraction of sp³-hybridized carbons (Fsp3) is 0.444. The monoisotopic (exact) mass is 522 g/mol. The van der Waals surface area contributed by atoms with E-state index in [2.05, 4.69) is 26.0 Å². The Morgan fingerprint density at radius 2 is 1.31 bits per heavy atom. The van der Waals surface area contributed by atoms with E-state index in [4.69, 9.17) is 40.4 Å². The first-order chi connectivity index (χ1) is 16.9. The lowest BCUT2D eigenvalue weighted by Crippen LogP contribution is -2.25. The predicted octanol–water partition coefficient (Wildman–Crippen LogP) is 4.98. The van der Waals surface area contributed by atoms with Gasteiger partial charge in [-0.05, 0) is 35.4 Å². The second-order valence-electron chi connectivity index (χ2n) is 8.43. The van der Waals surface area contributed by atoms with Crippen LogP contribution in [0.25, 0.3) is 0 Å². The number of ether oxygens (including phenoxy) is 4. The molecule has 0 radical (unpaired) electrons. The van der Waals surface area contributed by atoms with Gasteiger partial charge in [0.1, 0.15) is 24.2 Å². The van der Waals surface area contributed by atoms with E-state index < -0.39 is 12.1 Å². The maximum atomic E-state index is 11.1. The van der Waals surface area contributed by atoms with E-state index >= 15 is 0 Å². The summed E-state index contributed by atoms with van der Waals surface area (Å²) in [5.74, 6) is 0.144. The summed E-state index contributed by atoms with van der Waals surface area (Å²) >= 11 is 5.81. The molecule has 2 aromatic rings. The Labute approximate surface area is 217 Å². The van der Waals surface area contributed by atoms with E-state index in [0.29, 0.717) is 25.4 Å². The van der Waals surface area contributed by atoms with E-state index in [1.54, 1.807) is 0 Å². The van der Waals surface area contributed by atoms with Gasteiger partial charge in [0.05, 0.1) is 19.1 Å². The standard InChI is InChI=1S/C25H31ClO6.C2H4O2/c1-18(27)29-14-5-15-30-22-10-6-20(7-11-22)25(3,4)21-8-12-23(13-9-21)31-17-24(16-26)32-19(2)28;1-2(3)4/h6-13,24H,5,14-17H2,1-4H3;1H3,(H,3,4). The van der Waals surface area contributed by atoms with Crippen molar-refractivity contribution < 1.29 is 38.4 Å². The molecule has 198 valence electrons. The Balaban J connectivity index is 0.00000150. The molecule has 0 aliphatic carbocycles. The number of carboxylic acids is 1. The van der Waals surface area contributed by atoms with E-state index in [9.17, 15) is 9.59 Å². The summed E-state index contributed by atoms with van der Waals surface area (Å²) in [6.45, 7) is 9.18. The van der Waals surface area contributed by atoms with Crippen molar-refractivity contribution in [2.75, 3.05) is 25.7 Å². The molecule has 1 atom stereocenters. The third-order valence-electron chi connectivity index (χ3n) is 4.96. The molecular weight excluding hydrogens is 488 g/mol. The Hall–Kier alpha value is -3.26. The summed E-state index contributed by atoms with van der Waals surface area (Å²) in [7, 11) is 0. The van der Waals surface area contributed by atoms with Crippen LogP contribution in [-0.2, 0) is 29.3 Å². The topological polar surface area (TPSA) is 108 Å². The number of carboxylic acid groups (broad SMARTS) is 1. The van der Waals surface area contributed by atoms with Crippen molar-refractivity contribution in [1.82, 2.24) is 0 Å². The van der Waals surface area contributed by atoms with E-state index in [1.807, 2.05) is 36.4 Å². The SMILES string of the molecule is CC(=O)O.CC(=O)OCCCOc1ccc(C(C)(C)c2ccc(OCC(CCl)OC(C)=O)cc2)cc1. The Bertz CT molecular complexity index is 951. The zero-order chi connectivity index (χ0) is 27.1. The predicted molar refractivity (Wildman–Crippen MR) is 137 cm³/mol. The third kappa shape index (κ3) is 11.9. The first kappa shape index (κ1) is 30.8. The number of aliphatic carboxylic acids is 1. The fourth-order valence-electron chi connectivity index (χ4n) is 3.10. The van der Waals surface area contributed by atoms with E-state index in [-0.39, 0.29) is 29.8 Å². The first-order valence-electron chi connectivity index (χ1n) is 11.5. The average molecular weight is 523 g/mol. The average Bonchev–Trinajstić information content (AvgIpc) is 2.81. The van der Waals surface area contributed by atoms with Gasteiger partial charge < -0.3 is 24.1 Å². The minimum atomic E-state index is -0.833. The van der Waals surface area contributed by atoms with E-state index in [1.165, 1.54) is 13.8 Å². The second kappa shape index (κ2) is 15.7. The van der Waals surface area contributed by atoms with Crippen molar-refractivity contribution in [3.05, 3.63) is 59.7 Å². The van der Waals surface area contributed by atoms with Gasteiger partial charge in [-0.3, -0.25) is 14.4 Å². The third-order valence-corrected chi connectivity index (χ3v) is 5.30. The van der Waals surface area contributed by atoms with Gasteiger partial charge >= 0.3 is 11.9 Å². The van der Waals surface area contributed by atoms with Gasteiger partial charge in [-0.25, -0.2) is 0 Å². The quantitative estimate of drug-likeness (QED) is 0.236. The van der Waals surface area contributed by atoms with Crippen LogP contribution in [0.2, 0.25) is 0 Å². The van der Waals surface area contributed by atoms with Crippen molar-refractivity contribution in [3.63, 3.8) is 0 Å². The molecule has 0 bridgehead atoms. The van der Waals surface area contributed by atoms with Gasteiger partial charge in [-0.1, -0.05) is 38.1 Å². The number of hydrogen-bond donors (Lipinski definition) is 1. The lowest BCUT2D eigenvalue weighted by molar-refractivity contribution is -0.146. The van der Waals surface area contributed by atoms with Crippen molar-refractivity contribution in [1.29, 1.82) is 0 Å². The van der Waals surface area contributed by atoms with Crippen LogP contribution >= 0.6 is 11.6 Å². The van der Waals surface area contributed by atoms with Gasteiger partial charge in [0.2, 0.25) is 0 Å². The van der Waals surface area contributed by atoms with Gasteiger partial charge in [0.15, 0.2) is 0 Å². The van der Waals surface area contributed by atoms with Gasteiger partial charge in [0.25, 0.3) is 5.97 Å². The number of alkyl halides is 1. The molecule has 1 N–H and O–H groups in total. The molecule has 1 unspecified atom stereocenters. The smallest absolute Gasteiger partial charge is 0.303 e. The molecular formula is C27H35ClO8. The van der Waals surface area contributed by atoms with Crippen molar-refractivity contribution in [2.45, 2.75) is 52.6 Å². The lowest BCUT2D eigenvalue weighted by atomic mass is 9.78. The molecule has 9 heteroatoms. The summed E-state index contributed by atoms with van der Waals surface area (Å²) in [6.07, 6.45) is 0.168. The molecule has 36 heavy (non-hydrogen) atoms. The zero-order valence-corrected chi connectivity index (χ0v) is 22.2. The highest BCUT2D eigenvalue weighted by molar-refractivity contribution is 6.18. The highest BCUT2D eigenvalue weighted by Gasteiger charge is 2.23. The largest absolute Gasteiger partial charge is 0.493 e. The molecule has 2 aromatic carbocycles. The number of carbonyl (C=O) groups is 3. The molecule has 0 saturated carbocycles. The molecule has 8 nitrogen and oxygen atoms in total. The summed E-state index contributed by atoms with van der Waals surface area (Å²) in [6, 6.07) is 15.8. The number of esters is 2. The van der Waals surface area contributed by atoms with Crippen molar-refractivity contribution in [3.8, 4) is 11.5 Å². The van der Waals surface area contributed by atoms with Crippen LogP contribution in [0.3, 0.4) is 0 Å². The van der Waals surface area contributed by atoms with Crippen LogP contribution in [0.15, 0.2) is 48.5 Å². The van der Waals surface area contributed by atoms with Gasteiger partial charge in [-0.15, -0.1) is 11.6 Å². The summed E-state index contributed by atoms with van der Waals surface area (Å²) in [5.41, 5.74) is 2.06. The maximum Gasteiger partial charge on any atom is 0.303 e. The van der Waals surface area contributed by atoms with Crippen molar-refractivity contribution >= 4 is 29.5 Å². The van der Waals surface area contributed by atoms with Gasteiger partial charge in [-0.2, -0.15) is 0 Å². The summed E-state index contributed by atoms with van der Waals surface area (Å²) in [5, 5.41) is 7.42. The molecule has 0 aliphatic heterocycles. The van der Waals surface area contributed by atoms with Crippen molar-refractivity contribution in [2.24, 2.45) is 0 Å². The molecule has 0 aromatic heterocycles. The molecule has 0 fully saturated rings. The molecule has 0 heterocycles. The summed E-state index contributed by atoms with van der Waals surface area (Å²) in [4.78, 5) is 30.8. The number of benzene rings is 2. The van der Waals surface area contributed by atoms with Crippen LogP contribution < -0.4 is 9.47 Å². The fourth-order valence-corrected chi connectivity index (χ4v) is 3.25. The number of halogens is 1. The molecule has 0 saturated heterocycles. The molecule has 0 spiro atoms. The molecule has 2 rings (SSSR count). The minimum absolute atomic E-state index is 0.177. The Morgan fingerprint density at radius 1 is 0.833 bits per heavy atom. The van der Waals surface area contributed by atoms with Gasteiger partial charge in [0, 0.05) is 32.6 Å². The highest BCUT2D eigenvalue weighted by Crippen LogP contribution is 2.33. The lowest BCUT2D eigenvalue weighted by Gasteiger charge is -2.26.